The van der Waals surface area contributed by atoms with Crippen LogP contribution < -0.4 is 10.6 Å². The normalized spacial score (nSPS) is 19.6. The van der Waals surface area contributed by atoms with Crippen LogP contribution in [0.3, 0.4) is 0 Å². The fourth-order valence-electron chi connectivity index (χ4n) is 4.27. The van der Waals surface area contributed by atoms with Gasteiger partial charge in [0.25, 0.3) is 0 Å². The van der Waals surface area contributed by atoms with Gasteiger partial charge in [0.2, 0.25) is 5.91 Å². The van der Waals surface area contributed by atoms with Gasteiger partial charge in [-0.1, -0.05) is 55.5 Å². The first-order valence-electron chi connectivity index (χ1n) is 10.6. The lowest BCUT2D eigenvalue weighted by molar-refractivity contribution is -0.139. The Morgan fingerprint density at radius 1 is 1.06 bits per heavy atom. The van der Waals surface area contributed by atoms with Gasteiger partial charge in [0.1, 0.15) is 12.6 Å². The number of fused-ring (bicyclic) bond motifs is 3. The van der Waals surface area contributed by atoms with Crippen molar-refractivity contribution >= 4 is 18.0 Å². The van der Waals surface area contributed by atoms with Crippen molar-refractivity contribution in [2.45, 2.75) is 31.7 Å². The molecule has 7 heteroatoms. The van der Waals surface area contributed by atoms with Crippen molar-refractivity contribution in [3.63, 3.8) is 0 Å². The van der Waals surface area contributed by atoms with E-state index in [9.17, 15) is 14.4 Å². The van der Waals surface area contributed by atoms with Crippen molar-refractivity contribution < 1.29 is 24.2 Å². The molecule has 31 heavy (non-hydrogen) atoms. The average molecular weight is 422 g/mol. The molecule has 0 aromatic heterocycles. The van der Waals surface area contributed by atoms with Gasteiger partial charge in [-0.25, -0.2) is 4.79 Å². The Labute approximate surface area is 180 Å². The van der Waals surface area contributed by atoms with E-state index in [0.29, 0.717) is 19.4 Å². The molecule has 2 aromatic carbocycles. The van der Waals surface area contributed by atoms with E-state index in [1.54, 1.807) is 6.92 Å². The van der Waals surface area contributed by atoms with E-state index < -0.39 is 18.1 Å². The fourth-order valence-corrected chi connectivity index (χ4v) is 4.27. The largest absolute Gasteiger partial charge is 0.481 e. The average Bonchev–Trinajstić information content (AvgIpc) is 3.50. The van der Waals surface area contributed by atoms with Crippen LogP contribution in [0.4, 0.5) is 4.79 Å². The predicted molar refractivity (Wildman–Crippen MR) is 115 cm³/mol. The Bertz CT molecular complexity index is 959. The molecule has 0 spiro atoms. The summed E-state index contributed by atoms with van der Waals surface area (Å²) >= 11 is 0. The highest BCUT2D eigenvalue weighted by molar-refractivity contribution is 5.86. The molecular formula is C24H26N2O5. The molecule has 0 aliphatic heterocycles. The van der Waals surface area contributed by atoms with Crippen LogP contribution in [-0.4, -0.2) is 42.3 Å². The SMILES string of the molecule is CC[C@H](NC(=O)OCC1c2ccccc2-c2ccccc21)C(=O)NCC1CC1C(=O)O. The molecule has 4 rings (SSSR count). The third-order valence-electron chi connectivity index (χ3n) is 6.14. The molecule has 7 nitrogen and oxygen atoms in total. The second-order valence-electron chi connectivity index (χ2n) is 8.12. The summed E-state index contributed by atoms with van der Waals surface area (Å²) in [6, 6.07) is 15.5. The summed E-state index contributed by atoms with van der Waals surface area (Å²) in [5.41, 5.74) is 4.55. The summed E-state index contributed by atoms with van der Waals surface area (Å²) in [7, 11) is 0. The number of hydrogen-bond donors (Lipinski definition) is 3. The maximum atomic E-state index is 12.4. The number of aliphatic carboxylic acids is 1. The first-order valence-corrected chi connectivity index (χ1v) is 10.6. The Hall–Kier alpha value is -3.35. The number of benzene rings is 2. The van der Waals surface area contributed by atoms with Crippen LogP contribution >= 0.6 is 0 Å². The van der Waals surface area contributed by atoms with Crippen LogP contribution in [0.1, 0.15) is 36.8 Å². The molecule has 1 fully saturated rings. The van der Waals surface area contributed by atoms with E-state index in [0.717, 1.165) is 22.3 Å². The minimum Gasteiger partial charge on any atom is -0.481 e. The highest BCUT2D eigenvalue weighted by Crippen LogP contribution is 2.44. The monoisotopic (exact) mass is 422 g/mol. The molecule has 2 aliphatic carbocycles. The molecule has 0 radical (unpaired) electrons. The Balaban J connectivity index is 1.31. The van der Waals surface area contributed by atoms with Gasteiger partial charge in [0.15, 0.2) is 0 Å². The number of alkyl carbamates (subject to hydrolysis) is 1. The summed E-state index contributed by atoms with van der Waals surface area (Å²) in [5, 5.41) is 14.3. The zero-order valence-electron chi connectivity index (χ0n) is 17.3. The molecule has 2 unspecified atom stereocenters. The van der Waals surface area contributed by atoms with Crippen LogP contribution in [0.5, 0.6) is 0 Å². The third kappa shape index (κ3) is 4.40. The summed E-state index contributed by atoms with van der Waals surface area (Å²) in [4.78, 5) is 35.7. The molecular weight excluding hydrogens is 396 g/mol. The molecule has 0 saturated heterocycles. The lowest BCUT2D eigenvalue weighted by Crippen LogP contribution is -2.47. The van der Waals surface area contributed by atoms with E-state index in [2.05, 4.69) is 22.8 Å². The fraction of sp³-hybridized carbons (Fsp3) is 0.375. The summed E-state index contributed by atoms with van der Waals surface area (Å²) in [6.45, 7) is 2.28. The third-order valence-corrected chi connectivity index (χ3v) is 6.14. The first kappa shape index (κ1) is 20.9. The van der Waals surface area contributed by atoms with Gasteiger partial charge >= 0.3 is 12.1 Å². The quantitative estimate of drug-likeness (QED) is 0.606. The number of hydrogen-bond acceptors (Lipinski definition) is 4. The van der Waals surface area contributed by atoms with Crippen LogP contribution in [0.15, 0.2) is 48.5 Å². The summed E-state index contributed by atoms with van der Waals surface area (Å²) < 4.78 is 5.50. The Kier molecular flexibility index (Phi) is 5.93. The van der Waals surface area contributed by atoms with Gasteiger partial charge in [0, 0.05) is 12.5 Å². The molecule has 2 amide bonds. The van der Waals surface area contributed by atoms with Gasteiger partial charge in [-0.15, -0.1) is 0 Å². The lowest BCUT2D eigenvalue weighted by atomic mass is 9.98. The standard InChI is InChI=1S/C24H26N2O5/c1-2-21(22(27)25-12-14-11-19(14)23(28)29)26-24(30)31-13-20-17-9-5-3-7-15(17)16-8-4-6-10-18(16)20/h3-10,14,19-21H,2,11-13H2,1H3,(H,25,27)(H,26,30)(H,28,29)/t14?,19?,21-/m0/s1. The van der Waals surface area contributed by atoms with Crippen LogP contribution in [0.25, 0.3) is 11.1 Å². The molecule has 0 heterocycles. The summed E-state index contributed by atoms with van der Waals surface area (Å²) in [5.74, 6) is -1.62. The van der Waals surface area contributed by atoms with Crippen molar-refractivity contribution in [1.82, 2.24) is 10.6 Å². The van der Waals surface area contributed by atoms with Crippen LogP contribution in [0, 0.1) is 11.8 Å². The molecule has 2 aliphatic rings. The van der Waals surface area contributed by atoms with Crippen molar-refractivity contribution in [3.8, 4) is 11.1 Å². The van der Waals surface area contributed by atoms with Gasteiger partial charge < -0.3 is 20.5 Å². The number of rotatable bonds is 8. The van der Waals surface area contributed by atoms with Crippen molar-refractivity contribution in [2.75, 3.05) is 13.2 Å². The number of carboxylic acids is 1. The van der Waals surface area contributed by atoms with E-state index in [1.165, 1.54) is 0 Å². The highest BCUT2D eigenvalue weighted by atomic mass is 16.5. The second-order valence-corrected chi connectivity index (χ2v) is 8.12. The zero-order valence-corrected chi connectivity index (χ0v) is 17.3. The number of carboxylic acid groups (broad SMARTS) is 1. The van der Waals surface area contributed by atoms with Crippen molar-refractivity contribution in [2.24, 2.45) is 11.8 Å². The van der Waals surface area contributed by atoms with E-state index in [1.807, 2.05) is 36.4 Å². The van der Waals surface area contributed by atoms with Gasteiger partial charge in [-0.05, 0) is 41.0 Å². The highest BCUT2D eigenvalue weighted by Gasteiger charge is 2.43. The van der Waals surface area contributed by atoms with Gasteiger partial charge in [-0.3, -0.25) is 9.59 Å². The minimum atomic E-state index is -0.831. The topological polar surface area (TPSA) is 105 Å². The molecule has 1 saturated carbocycles. The Morgan fingerprint density at radius 3 is 2.23 bits per heavy atom. The van der Waals surface area contributed by atoms with Crippen LogP contribution in [-0.2, 0) is 14.3 Å². The molecule has 2 aromatic rings. The van der Waals surface area contributed by atoms with E-state index in [4.69, 9.17) is 9.84 Å². The Morgan fingerprint density at radius 2 is 1.68 bits per heavy atom. The number of nitrogens with one attached hydrogen (secondary N) is 2. The zero-order chi connectivity index (χ0) is 22.0. The molecule has 162 valence electrons. The number of carbonyl (C=O) groups excluding carboxylic acids is 2. The molecule has 3 atom stereocenters. The maximum absolute atomic E-state index is 12.4. The van der Waals surface area contributed by atoms with Crippen molar-refractivity contribution in [1.29, 1.82) is 0 Å². The second kappa shape index (κ2) is 8.79. The molecule has 3 N–H and O–H groups in total. The lowest BCUT2D eigenvalue weighted by Gasteiger charge is -2.18. The summed E-state index contributed by atoms with van der Waals surface area (Å²) in [6.07, 6.45) is 0.341. The van der Waals surface area contributed by atoms with Crippen molar-refractivity contribution in [3.05, 3.63) is 59.7 Å². The van der Waals surface area contributed by atoms with E-state index in [-0.39, 0.29) is 30.3 Å². The number of carbonyl (C=O) groups is 3. The number of ether oxygens (including phenoxy) is 1. The first-order chi connectivity index (χ1) is 15.0. The number of amides is 2. The minimum absolute atomic E-state index is 0.0339. The van der Waals surface area contributed by atoms with Gasteiger partial charge in [0.05, 0.1) is 5.92 Å². The molecule has 0 bridgehead atoms. The maximum Gasteiger partial charge on any atom is 0.407 e. The van der Waals surface area contributed by atoms with Crippen LogP contribution in [0.2, 0.25) is 0 Å². The smallest absolute Gasteiger partial charge is 0.407 e. The predicted octanol–water partition coefficient (Wildman–Crippen LogP) is 3.14. The van der Waals surface area contributed by atoms with E-state index >= 15 is 0 Å². The van der Waals surface area contributed by atoms with Gasteiger partial charge in [-0.2, -0.15) is 0 Å².